The molecule has 0 bridgehead atoms. The number of aromatic hydroxyl groups is 1. The van der Waals surface area contributed by atoms with E-state index in [4.69, 9.17) is 4.74 Å². The first kappa shape index (κ1) is 22.1. The maximum atomic E-state index is 11.7. The normalized spacial score (nSPS) is 16.6. The molecule has 168 valence electrons. The molecule has 1 aliphatic carbocycles. The number of methoxy groups -OCH3 is 1. The first-order chi connectivity index (χ1) is 15.5. The van der Waals surface area contributed by atoms with E-state index >= 15 is 0 Å². The van der Waals surface area contributed by atoms with Crippen LogP contribution >= 0.6 is 0 Å². The molecule has 1 saturated carbocycles. The smallest absolute Gasteiger partial charge is 0.271 e. The zero-order chi connectivity index (χ0) is 22.7. The van der Waals surface area contributed by atoms with Crippen molar-refractivity contribution in [2.75, 3.05) is 12.4 Å². The number of hydrogen-bond donors (Lipinski definition) is 3. The standard InChI is InChI=1S/C26H30N2O4/c1-16(17-7-4-3-5-8-17)27-22(18-11-13-21(32-2)14-12-18)19-9-6-10-20(15-19)28-23-24(29)26(31)25(23)30/h6,9-17,22,27-29H,3-5,7-8H2,1-2H3/t16-,22?/m0/s1. The maximum Gasteiger partial charge on any atom is 0.271 e. The molecular weight excluding hydrogens is 404 g/mol. The maximum absolute atomic E-state index is 11.7. The van der Waals surface area contributed by atoms with Crippen molar-refractivity contribution >= 4 is 11.4 Å². The van der Waals surface area contributed by atoms with Gasteiger partial charge in [-0.25, -0.2) is 0 Å². The van der Waals surface area contributed by atoms with E-state index in [0.29, 0.717) is 17.6 Å². The lowest BCUT2D eigenvalue weighted by atomic mass is 9.83. The third-order valence-corrected chi connectivity index (χ3v) is 6.61. The first-order valence-corrected chi connectivity index (χ1v) is 11.3. The van der Waals surface area contributed by atoms with Crippen molar-refractivity contribution in [2.45, 2.75) is 51.1 Å². The van der Waals surface area contributed by atoms with Gasteiger partial charge < -0.3 is 20.5 Å². The third-order valence-electron chi connectivity index (χ3n) is 6.61. The molecule has 0 heterocycles. The van der Waals surface area contributed by atoms with Gasteiger partial charge in [-0.15, -0.1) is 0 Å². The Bertz CT molecular complexity index is 1130. The van der Waals surface area contributed by atoms with Gasteiger partial charge in [-0.05, 0) is 61.1 Å². The van der Waals surface area contributed by atoms with Crippen molar-refractivity contribution in [2.24, 2.45) is 5.92 Å². The van der Waals surface area contributed by atoms with Crippen LogP contribution in [0.1, 0.15) is 56.2 Å². The average molecular weight is 435 g/mol. The molecule has 0 spiro atoms. The lowest BCUT2D eigenvalue weighted by Crippen LogP contribution is -2.37. The number of hydrogen-bond acceptors (Lipinski definition) is 6. The van der Waals surface area contributed by atoms with Crippen molar-refractivity contribution in [3.05, 3.63) is 80.1 Å². The second-order valence-electron chi connectivity index (χ2n) is 8.69. The van der Waals surface area contributed by atoms with E-state index < -0.39 is 16.6 Å². The van der Waals surface area contributed by atoms with Gasteiger partial charge in [0.1, 0.15) is 11.4 Å². The molecule has 2 atom stereocenters. The van der Waals surface area contributed by atoms with Gasteiger partial charge in [0.15, 0.2) is 5.75 Å². The van der Waals surface area contributed by atoms with Crippen LogP contribution in [0.4, 0.5) is 11.4 Å². The van der Waals surface area contributed by atoms with Crippen molar-refractivity contribution in [3.8, 4) is 11.5 Å². The van der Waals surface area contributed by atoms with Crippen LogP contribution < -0.4 is 26.2 Å². The van der Waals surface area contributed by atoms with E-state index in [1.165, 1.54) is 32.1 Å². The van der Waals surface area contributed by atoms with Gasteiger partial charge in [-0.3, -0.25) is 9.59 Å². The Labute approximate surface area is 187 Å². The van der Waals surface area contributed by atoms with Crippen LogP contribution in [0.15, 0.2) is 58.1 Å². The van der Waals surface area contributed by atoms with Gasteiger partial charge in [0.25, 0.3) is 10.9 Å². The number of anilines is 2. The largest absolute Gasteiger partial charge is 0.502 e. The van der Waals surface area contributed by atoms with Crippen molar-refractivity contribution in [1.29, 1.82) is 0 Å². The molecule has 0 saturated heterocycles. The molecule has 0 radical (unpaired) electrons. The van der Waals surface area contributed by atoms with Crippen molar-refractivity contribution in [3.63, 3.8) is 0 Å². The summed E-state index contributed by atoms with van der Waals surface area (Å²) >= 11 is 0. The summed E-state index contributed by atoms with van der Waals surface area (Å²) in [5.41, 5.74) is 1.21. The highest BCUT2D eigenvalue weighted by Crippen LogP contribution is 2.32. The van der Waals surface area contributed by atoms with Gasteiger partial charge in [0, 0.05) is 11.7 Å². The second kappa shape index (κ2) is 9.57. The van der Waals surface area contributed by atoms with E-state index in [-0.39, 0.29) is 11.7 Å². The monoisotopic (exact) mass is 434 g/mol. The third kappa shape index (κ3) is 4.55. The molecule has 32 heavy (non-hydrogen) atoms. The number of nitrogens with one attached hydrogen (secondary N) is 2. The van der Waals surface area contributed by atoms with Crippen molar-refractivity contribution in [1.82, 2.24) is 5.32 Å². The topological polar surface area (TPSA) is 87.7 Å². The highest BCUT2D eigenvalue weighted by molar-refractivity contribution is 5.69. The molecule has 0 amide bonds. The van der Waals surface area contributed by atoms with Gasteiger partial charge in [-0.1, -0.05) is 43.5 Å². The molecule has 0 aliphatic heterocycles. The fourth-order valence-electron chi connectivity index (χ4n) is 4.65. The molecule has 1 aliphatic rings. The van der Waals surface area contributed by atoms with Gasteiger partial charge in [0.2, 0.25) is 0 Å². The Morgan fingerprint density at radius 3 is 2.34 bits per heavy atom. The van der Waals surface area contributed by atoms with Crippen LogP contribution in [0.5, 0.6) is 11.5 Å². The summed E-state index contributed by atoms with van der Waals surface area (Å²) in [5, 5.41) is 16.4. The molecular formula is C26H30N2O4. The molecule has 3 N–H and O–H groups in total. The van der Waals surface area contributed by atoms with Gasteiger partial charge >= 0.3 is 0 Å². The minimum Gasteiger partial charge on any atom is -0.502 e. The molecule has 1 fully saturated rings. The van der Waals surface area contributed by atoms with E-state index in [1.54, 1.807) is 7.11 Å². The predicted molar refractivity (Wildman–Crippen MR) is 127 cm³/mol. The lowest BCUT2D eigenvalue weighted by molar-refractivity contribution is 0.272. The Balaban J connectivity index is 1.62. The highest BCUT2D eigenvalue weighted by atomic mass is 16.5. The molecule has 1 unspecified atom stereocenters. The van der Waals surface area contributed by atoms with Gasteiger partial charge in [-0.2, -0.15) is 0 Å². The Morgan fingerprint density at radius 2 is 1.69 bits per heavy atom. The second-order valence-corrected chi connectivity index (χ2v) is 8.69. The summed E-state index contributed by atoms with van der Waals surface area (Å²) < 4.78 is 5.32. The summed E-state index contributed by atoms with van der Waals surface area (Å²) in [6.07, 6.45) is 6.38. The fraction of sp³-hybridized carbons (Fsp3) is 0.385. The van der Waals surface area contributed by atoms with Crippen LogP contribution in [0.2, 0.25) is 0 Å². The summed E-state index contributed by atoms with van der Waals surface area (Å²) in [7, 11) is 1.65. The summed E-state index contributed by atoms with van der Waals surface area (Å²) in [4.78, 5) is 23.1. The SMILES string of the molecule is COc1ccc(C(N[C@@H](C)C2CCCCC2)c2cccc(Nc3c(O)c(=O)c3=O)c2)cc1. The van der Waals surface area contributed by atoms with E-state index in [1.807, 2.05) is 36.4 Å². The van der Waals surface area contributed by atoms with Gasteiger partial charge in [0.05, 0.1) is 13.2 Å². The van der Waals surface area contributed by atoms with Crippen LogP contribution in [0, 0.1) is 5.92 Å². The van der Waals surface area contributed by atoms with Crippen LogP contribution in [-0.4, -0.2) is 18.3 Å². The number of benzene rings is 2. The molecule has 3 aromatic carbocycles. The Kier molecular flexibility index (Phi) is 6.61. The lowest BCUT2D eigenvalue weighted by Gasteiger charge is -2.32. The summed E-state index contributed by atoms with van der Waals surface area (Å²) in [6.45, 7) is 2.26. The molecule has 6 heteroatoms. The molecule has 6 nitrogen and oxygen atoms in total. The quantitative estimate of drug-likeness (QED) is 0.456. The minimum atomic E-state index is -0.845. The van der Waals surface area contributed by atoms with E-state index in [2.05, 4.69) is 29.7 Å². The first-order valence-electron chi connectivity index (χ1n) is 11.3. The molecule has 3 aromatic rings. The van der Waals surface area contributed by atoms with E-state index in [9.17, 15) is 14.7 Å². The fourth-order valence-corrected chi connectivity index (χ4v) is 4.65. The summed E-state index contributed by atoms with van der Waals surface area (Å²) in [6, 6.07) is 16.0. The summed E-state index contributed by atoms with van der Waals surface area (Å²) in [5.74, 6) is 0.946. The molecule has 4 rings (SSSR count). The molecule has 0 aromatic heterocycles. The van der Waals surface area contributed by atoms with Crippen LogP contribution in [0.3, 0.4) is 0 Å². The Hall–Kier alpha value is -3.12. The van der Waals surface area contributed by atoms with Crippen LogP contribution in [0.25, 0.3) is 0 Å². The predicted octanol–water partition coefficient (Wildman–Crippen LogP) is 4.39. The van der Waals surface area contributed by atoms with Crippen LogP contribution in [-0.2, 0) is 0 Å². The zero-order valence-electron chi connectivity index (χ0n) is 18.6. The van der Waals surface area contributed by atoms with E-state index in [0.717, 1.165) is 16.9 Å². The van der Waals surface area contributed by atoms with Crippen molar-refractivity contribution < 1.29 is 9.84 Å². The average Bonchev–Trinajstić information content (AvgIpc) is 2.85. The number of rotatable bonds is 8. The Morgan fingerprint density at radius 1 is 0.969 bits per heavy atom. The zero-order valence-corrected chi connectivity index (χ0v) is 18.6. The minimum absolute atomic E-state index is 0.0447. The number of ether oxygens (including phenoxy) is 1. The highest BCUT2D eigenvalue weighted by Gasteiger charge is 2.25.